The summed E-state index contributed by atoms with van der Waals surface area (Å²) in [6.07, 6.45) is 1.56. The summed E-state index contributed by atoms with van der Waals surface area (Å²) < 4.78 is 1.74. The Morgan fingerprint density at radius 3 is 2.58 bits per heavy atom. The van der Waals surface area contributed by atoms with Gasteiger partial charge in [-0.05, 0) is 24.1 Å². The van der Waals surface area contributed by atoms with Gasteiger partial charge in [-0.15, -0.1) is 0 Å². The molecule has 0 saturated carbocycles. The third kappa shape index (κ3) is 4.35. The molecule has 0 radical (unpaired) electrons. The van der Waals surface area contributed by atoms with Crippen molar-refractivity contribution in [3.63, 3.8) is 0 Å². The highest BCUT2D eigenvalue weighted by Gasteiger charge is 2.20. The van der Waals surface area contributed by atoms with Crippen LogP contribution in [0.25, 0.3) is 5.69 Å². The Bertz CT molecular complexity index is 740. The van der Waals surface area contributed by atoms with E-state index in [4.69, 9.17) is 11.6 Å². The van der Waals surface area contributed by atoms with Gasteiger partial charge in [-0.3, -0.25) is 9.59 Å². The van der Waals surface area contributed by atoms with Crippen LogP contribution in [0.3, 0.4) is 0 Å². The van der Waals surface area contributed by atoms with Crippen molar-refractivity contribution >= 4 is 23.4 Å². The molecule has 2 aromatic rings. The van der Waals surface area contributed by atoms with Crippen LogP contribution in [0.1, 0.15) is 42.7 Å². The predicted octanol–water partition coefficient (Wildman–Crippen LogP) is 2.52. The Morgan fingerprint density at radius 1 is 1.25 bits per heavy atom. The summed E-state index contributed by atoms with van der Waals surface area (Å²) in [5.41, 5.74) is 2.14. The molecule has 2 amide bonds. The van der Waals surface area contributed by atoms with Crippen molar-refractivity contribution in [1.82, 2.24) is 20.4 Å². The number of rotatable bonds is 6. The summed E-state index contributed by atoms with van der Waals surface area (Å²) in [4.78, 5) is 23.3. The summed E-state index contributed by atoms with van der Waals surface area (Å²) in [5, 5.41) is 10.4. The average molecular weight is 349 g/mol. The molecule has 0 bridgehead atoms. The molecule has 1 heterocycles. The molecule has 1 aromatic carbocycles. The molecule has 0 spiro atoms. The molecular formula is C17H21ClN4O2. The number of nitrogens with zero attached hydrogens (tertiary/aromatic N) is 2. The molecule has 0 aliphatic carbocycles. The van der Waals surface area contributed by atoms with Crippen molar-refractivity contribution in [2.75, 3.05) is 13.1 Å². The number of carbonyl (C=O) groups excluding carboxylic acids is 2. The molecule has 7 heteroatoms. The molecule has 0 saturated heterocycles. The second kappa shape index (κ2) is 7.97. The molecule has 24 heavy (non-hydrogen) atoms. The monoisotopic (exact) mass is 348 g/mol. The zero-order valence-corrected chi connectivity index (χ0v) is 14.7. The molecule has 0 aliphatic heterocycles. The van der Waals surface area contributed by atoms with Crippen LogP contribution in [-0.2, 0) is 4.79 Å². The van der Waals surface area contributed by atoms with Crippen molar-refractivity contribution in [2.24, 2.45) is 0 Å². The maximum Gasteiger partial charge on any atom is 0.254 e. The summed E-state index contributed by atoms with van der Waals surface area (Å²) in [7, 11) is 0. The second-order valence-corrected chi connectivity index (χ2v) is 6.17. The zero-order chi connectivity index (χ0) is 17.7. The van der Waals surface area contributed by atoms with Crippen molar-refractivity contribution < 1.29 is 9.59 Å². The van der Waals surface area contributed by atoms with E-state index >= 15 is 0 Å². The standard InChI is InChI=1S/C17H21ClN4O2/c1-11(2)16-15(17(24)20-8-7-19-12(3)23)10-21-22(16)14-6-4-5-13(18)9-14/h4-6,9-11H,7-8H2,1-3H3,(H,19,23)(H,20,24). The number of hydrogen-bond acceptors (Lipinski definition) is 3. The molecule has 2 rings (SSSR count). The van der Waals surface area contributed by atoms with Gasteiger partial charge in [-0.2, -0.15) is 5.10 Å². The van der Waals surface area contributed by atoms with Crippen molar-refractivity contribution in [2.45, 2.75) is 26.7 Å². The molecule has 128 valence electrons. The van der Waals surface area contributed by atoms with E-state index in [2.05, 4.69) is 15.7 Å². The highest BCUT2D eigenvalue weighted by Crippen LogP contribution is 2.24. The van der Waals surface area contributed by atoms with Crippen molar-refractivity contribution in [1.29, 1.82) is 0 Å². The van der Waals surface area contributed by atoms with Crippen LogP contribution in [-0.4, -0.2) is 34.7 Å². The summed E-state index contributed by atoms with van der Waals surface area (Å²) in [6, 6.07) is 7.33. The fourth-order valence-electron chi connectivity index (χ4n) is 2.41. The number of benzene rings is 1. The van der Waals surface area contributed by atoms with Gasteiger partial charge in [-0.1, -0.05) is 31.5 Å². The minimum Gasteiger partial charge on any atom is -0.355 e. The largest absolute Gasteiger partial charge is 0.355 e. The Kier molecular flexibility index (Phi) is 5.98. The lowest BCUT2D eigenvalue weighted by Gasteiger charge is -2.13. The Hall–Kier alpha value is -2.34. The molecule has 0 aliphatic rings. The number of aromatic nitrogens is 2. The van der Waals surface area contributed by atoms with Gasteiger partial charge in [0.25, 0.3) is 5.91 Å². The quantitative estimate of drug-likeness (QED) is 0.787. The third-order valence-corrected chi connectivity index (χ3v) is 3.67. The van der Waals surface area contributed by atoms with E-state index in [9.17, 15) is 9.59 Å². The Balaban J connectivity index is 2.22. The van der Waals surface area contributed by atoms with E-state index in [-0.39, 0.29) is 17.7 Å². The van der Waals surface area contributed by atoms with Gasteiger partial charge in [0.1, 0.15) is 0 Å². The molecule has 0 unspecified atom stereocenters. The van der Waals surface area contributed by atoms with E-state index in [1.165, 1.54) is 6.92 Å². The fourth-order valence-corrected chi connectivity index (χ4v) is 2.60. The van der Waals surface area contributed by atoms with Gasteiger partial charge >= 0.3 is 0 Å². The topological polar surface area (TPSA) is 76.0 Å². The first kappa shape index (κ1) is 18.0. The first-order valence-corrected chi connectivity index (χ1v) is 8.14. The summed E-state index contributed by atoms with van der Waals surface area (Å²) >= 11 is 6.05. The number of carbonyl (C=O) groups is 2. The third-order valence-electron chi connectivity index (χ3n) is 3.44. The summed E-state index contributed by atoms with van der Waals surface area (Å²) in [6.45, 7) is 6.20. The minimum absolute atomic E-state index is 0.0996. The number of amides is 2. The molecule has 0 atom stereocenters. The highest BCUT2D eigenvalue weighted by molar-refractivity contribution is 6.30. The highest BCUT2D eigenvalue weighted by atomic mass is 35.5. The van der Waals surface area contributed by atoms with E-state index < -0.39 is 0 Å². The van der Waals surface area contributed by atoms with Gasteiger partial charge in [0, 0.05) is 25.0 Å². The number of hydrogen-bond donors (Lipinski definition) is 2. The first-order valence-electron chi connectivity index (χ1n) is 7.76. The maximum atomic E-state index is 12.4. The predicted molar refractivity (Wildman–Crippen MR) is 93.7 cm³/mol. The lowest BCUT2D eigenvalue weighted by Crippen LogP contribution is -2.34. The zero-order valence-electron chi connectivity index (χ0n) is 14.0. The molecular weight excluding hydrogens is 328 g/mol. The van der Waals surface area contributed by atoms with Gasteiger partial charge in [-0.25, -0.2) is 4.68 Å². The van der Waals surface area contributed by atoms with Crippen LogP contribution >= 0.6 is 11.6 Å². The first-order chi connectivity index (χ1) is 11.4. The molecule has 6 nitrogen and oxygen atoms in total. The van der Waals surface area contributed by atoms with E-state index in [0.29, 0.717) is 23.7 Å². The van der Waals surface area contributed by atoms with Gasteiger partial charge in [0.2, 0.25) is 5.91 Å². The lowest BCUT2D eigenvalue weighted by molar-refractivity contribution is -0.118. The van der Waals surface area contributed by atoms with Crippen LogP contribution in [0.15, 0.2) is 30.5 Å². The molecule has 2 N–H and O–H groups in total. The maximum absolute atomic E-state index is 12.4. The number of nitrogens with one attached hydrogen (secondary N) is 2. The van der Waals surface area contributed by atoms with E-state index in [1.54, 1.807) is 23.0 Å². The Labute approximate surface area is 146 Å². The fraction of sp³-hybridized carbons (Fsp3) is 0.353. The van der Waals surface area contributed by atoms with Crippen LogP contribution in [0.5, 0.6) is 0 Å². The van der Waals surface area contributed by atoms with Gasteiger partial charge in [0.15, 0.2) is 0 Å². The second-order valence-electron chi connectivity index (χ2n) is 5.73. The van der Waals surface area contributed by atoms with E-state index in [1.807, 2.05) is 26.0 Å². The van der Waals surface area contributed by atoms with Crippen LogP contribution in [0, 0.1) is 0 Å². The molecule has 0 fully saturated rings. The molecule has 1 aromatic heterocycles. The summed E-state index contributed by atoms with van der Waals surface area (Å²) in [5.74, 6) is -0.235. The number of halogens is 1. The van der Waals surface area contributed by atoms with Crippen LogP contribution in [0.4, 0.5) is 0 Å². The van der Waals surface area contributed by atoms with Crippen molar-refractivity contribution in [3.05, 3.63) is 46.7 Å². The smallest absolute Gasteiger partial charge is 0.254 e. The van der Waals surface area contributed by atoms with Gasteiger partial charge < -0.3 is 10.6 Å². The SMILES string of the molecule is CC(=O)NCCNC(=O)c1cnn(-c2cccc(Cl)c2)c1C(C)C. The van der Waals surface area contributed by atoms with Crippen molar-refractivity contribution in [3.8, 4) is 5.69 Å². The average Bonchev–Trinajstić information content (AvgIpc) is 2.96. The lowest BCUT2D eigenvalue weighted by atomic mass is 10.1. The Morgan fingerprint density at radius 2 is 1.96 bits per heavy atom. The minimum atomic E-state index is -0.211. The normalized spacial score (nSPS) is 10.7. The van der Waals surface area contributed by atoms with E-state index in [0.717, 1.165) is 11.4 Å². The van der Waals surface area contributed by atoms with Gasteiger partial charge in [0.05, 0.1) is 23.1 Å². The van der Waals surface area contributed by atoms with Crippen LogP contribution < -0.4 is 10.6 Å². The van der Waals surface area contributed by atoms with Crippen LogP contribution in [0.2, 0.25) is 5.02 Å².